The second-order valence-electron chi connectivity index (χ2n) is 7.57. The number of methoxy groups -OCH3 is 2. The van der Waals surface area contributed by atoms with E-state index in [0.717, 1.165) is 17.5 Å². The van der Waals surface area contributed by atoms with Crippen LogP contribution in [-0.4, -0.2) is 38.3 Å². The van der Waals surface area contributed by atoms with Crippen molar-refractivity contribution >= 4 is 33.2 Å². The minimum absolute atomic E-state index is 0.116. The predicted octanol–water partition coefficient (Wildman–Crippen LogP) is 4.02. The van der Waals surface area contributed by atoms with E-state index in [9.17, 15) is 4.79 Å². The molecule has 3 aromatic heterocycles. The molecule has 0 aliphatic heterocycles. The molecule has 32 heavy (non-hydrogen) atoms. The molecule has 5 rings (SSSR count). The summed E-state index contributed by atoms with van der Waals surface area (Å²) in [6.07, 6.45) is 0.827. The van der Waals surface area contributed by atoms with Gasteiger partial charge in [0.15, 0.2) is 11.3 Å². The molecular formula is C24H23N5O3. The zero-order valence-corrected chi connectivity index (χ0v) is 18.4. The van der Waals surface area contributed by atoms with Gasteiger partial charge in [0.05, 0.1) is 30.9 Å². The number of hydrogen-bond donors (Lipinski definition) is 0. The van der Waals surface area contributed by atoms with Crippen LogP contribution < -0.4 is 15.0 Å². The molecule has 0 N–H and O–H groups in total. The molecule has 0 radical (unpaired) electrons. The van der Waals surface area contributed by atoms with Crippen molar-refractivity contribution in [2.45, 2.75) is 26.8 Å². The van der Waals surface area contributed by atoms with Crippen LogP contribution in [-0.2, 0) is 6.54 Å². The van der Waals surface area contributed by atoms with Crippen molar-refractivity contribution < 1.29 is 9.47 Å². The van der Waals surface area contributed by atoms with Gasteiger partial charge in [0.1, 0.15) is 28.2 Å². The van der Waals surface area contributed by atoms with Gasteiger partial charge in [-0.15, -0.1) is 0 Å². The first-order chi connectivity index (χ1) is 15.6. The van der Waals surface area contributed by atoms with E-state index in [4.69, 9.17) is 24.4 Å². The van der Waals surface area contributed by atoms with Crippen molar-refractivity contribution in [2.75, 3.05) is 14.2 Å². The number of rotatable bonds is 5. The van der Waals surface area contributed by atoms with Gasteiger partial charge < -0.3 is 9.47 Å². The fourth-order valence-corrected chi connectivity index (χ4v) is 4.12. The number of aromatic nitrogens is 5. The maximum Gasteiger partial charge on any atom is 0.265 e. The Morgan fingerprint density at radius 2 is 1.69 bits per heavy atom. The molecule has 0 aliphatic carbocycles. The van der Waals surface area contributed by atoms with Crippen LogP contribution in [0.2, 0.25) is 0 Å². The average molecular weight is 429 g/mol. The lowest BCUT2D eigenvalue weighted by atomic mass is 10.2. The Kier molecular flexibility index (Phi) is 4.77. The molecule has 0 saturated carbocycles. The highest BCUT2D eigenvalue weighted by Crippen LogP contribution is 2.34. The summed E-state index contributed by atoms with van der Waals surface area (Å²) in [4.78, 5) is 28.1. The molecule has 0 atom stereocenters. The highest BCUT2D eigenvalue weighted by atomic mass is 16.5. The van der Waals surface area contributed by atoms with Crippen LogP contribution >= 0.6 is 0 Å². The molecule has 8 heteroatoms. The SMILES string of the molecule is CCCn1c(C)nc2c(c1=O)c1nc3ccccc3nc1n2-c1ccc(OC)cc1OC. The normalized spacial score (nSPS) is 11.5. The van der Waals surface area contributed by atoms with Gasteiger partial charge in [-0.1, -0.05) is 19.1 Å². The standard InChI is InChI=1S/C24H23N5O3/c1-5-12-28-14(2)25-22-20(24(28)30)21-23(27-17-9-7-6-8-16(17)26-21)29(22)18-11-10-15(31-3)13-19(18)32-4/h6-11,13H,5,12H2,1-4H3. The topological polar surface area (TPSA) is 84.1 Å². The van der Waals surface area contributed by atoms with Crippen LogP contribution in [0.4, 0.5) is 0 Å². The second kappa shape index (κ2) is 7.64. The number of para-hydroxylation sites is 2. The summed E-state index contributed by atoms with van der Waals surface area (Å²) in [5.41, 5.74) is 3.64. The number of nitrogens with zero attached hydrogens (tertiary/aromatic N) is 5. The van der Waals surface area contributed by atoms with E-state index in [2.05, 4.69) is 0 Å². The second-order valence-corrected chi connectivity index (χ2v) is 7.57. The molecule has 0 fully saturated rings. The van der Waals surface area contributed by atoms with Crippen LogP contribution in [0.15, 0.2) is 47.3 Å². The van der Waals surface area contributed by atoms with Gasteiger partial charge in [-0.2, -0.15) is 0 Å². The summed E-state index contributed by atoms with van der Waals surface area (Å²) >= 11 is 0. The summed E-state index contributed by atoms with van der Waals surface area (Å²) in [6.45, 7) is 4.48. The Balaban J connectivity index is 2.00. The summed E-state index contributed by atoms with van der Waals surface area (Å²) in [7, 11) is 3.20. The summed E-state index contributed by atoms with van der Waals surface area (Å²) in [5, 5.41) is 0.454. The maximum absolute atomic E-state index is 13.6. The van der Waals surface area contributed by atoms with Gasteiger partial charge in [0, 0.05) is 12.6 Å². The minimum atomic E-state index is -0.116. The Labute approximate surface area is 184 Å². The number of fused-ring (bicyclic) bond motifs is 4. The van der Waals surface area contributed by atoms with Crippen molar-refractivity contribution in [2.24, 2.45) is 0 Å². The van der Waals surface area contributed by atoms with E-state index in [1.54, 1.807) is 24.9 Å². The first-order valence-corrected chi connectivity index (χ1v) is 10.5. The van der Waals surface area contributed by atoms with Gasteiger partial charge in [-0.05, 0) is 37.6 Å². The molecule has 0 unspecified atom stereocenters. The van der Waals surface area contributed by atoms with Crippen LogP contribution in [0.25, 0.3) is 38.9 Å². The molecule has 162 valence electrons. The Morgan fingerprint density at radius 1 is 0.938 bits per heavy atom. The van der Waals surface area contributed by atoms with E-state index >= 15 is 0 Å². The monoisotopic (exact) mass is 429 g/mol. The summed E-state index contributed by atoms with van der Waals surface area (Å²) in [6, 6.07) is 13.1. The van der Waals surface area contributed by atoms with E-state index in [1.165, 1.54) is 0 Å². The molecule has 0 saturated heterocycles. The largest absolute Gasteiger partial charge is 0.497 e. The first kappa shape index (κ1) is 20.0. The fraction of sp³-hybridized carbons (Fsp3) is 0.250. The third-order valence-corrected chi connectivity index (χ3v) is 5.63. The molecule has 0 amide bonds. The van der Waals surface area contributed by atoms with Gasteiger partial charge in [-0.25, -0.2) is 15.0 Å². The average Bonchev–Trinajstić information content (AvgIpc) is 3.12. The van der Waals surface area contributed by atoms with Crippen molar-refractivity contribution in [1.29, 1.82) is 0 Å². The number of aryl methyl sites for hydroxylation is 1. The van der Waals surface area contributed by atoms with E-state index in [-0.39, 0.29) is 5.56 Å². The maximum atomic E-state index is 13.6. The third kappa shape index (κ3) is 2.90. The van der Waals surface area contributed by atoms with Crippen LogP contribution in [0.5, 0.6) is 11.5 Å². The Bertz CT molecular complexity index is 1550. The Morgan fingerprint density at radius 3 is 2.38 bits per heavy atom. The molecule has 3 heterocycles. The van der Waals surface area contributed by atoms with E-state index < -0.39 is 0 Å². The number of ether oxygens (including phenoxy) is 2. The van der Waals surface area contributed by atoms with Crippen LogP contribution in [0, 0.1) is 6.92 Å². The lowest BCUT2D eigenvalue weighted by Gasteiger charge is -2.13. The van der Waals surface area contributed by atoms with Gasteiger partial charge in [-0.3, -0.25) is 13.9 Å². The molecular weight excluding hydrogens is 406 g/mol. The fourth-order valence-electron chi connectivity index (χ4n) is 4.12. The molecule has 0 spiro atoms. The van der Waals surface area contributed by atoms with Crippen molar-refractivity contribution in [1.82, 2.24) is 24.1 Å². The third-order valence-electron chi connectivity index (χ3n) is 5.63. The highest BCUT2D eigenvalue weighted by molar-refractivity contribution is 6.06. The van der Waals surface area contributed by atoms with Crippen molar-refractivity contribution in [3.63, 3.8) is 0 Å². The summed E-state index contributed by atoms with van der Waals surface area (Å²) in [5.74, 6) is 1.89. The number of hydrogen-bond acceptors (Lipinski definition) is 6. The summed E-state index contributed by atoms with van der Waals surface area (Å²) < 4.78 is 14.6. The van der Waals surface area contributed by atoms with Crippen LogP contribution in [0.3, 0.4) is 0 Å². The van der Waals surface area contributed by atoms with E-state index in [0.29, 0.717) is 51.8 Å². The lowest BCUT2D eigenvalue weighted by Crippen LogP contribution is -2.24. The molecule has 2 aromatic carbocycles. The zero-order chi connectivity index (χ0) is 22.4. The minimum Gasteiger partial charge on any atom is -0.497 e. The number of benzene rings is 2. The lowest BCUT2D eigenvalue weighted by molar-refractivity contribution is 0.393. The molecule has 0 bridgehead atoms. The first-order valence-electron chi connectivity index (χ1n) is 10.5. The van der Waals surface area contributed by atoms with Gasteiger partial charge >= 0.3 is 0 Å². The Hall–Kier alpha value is -3.94. The molecule has 5 aromatic rings. The van der Waals surface area contributed by atoms with E-state index in [1.807, 2.05) is 54.8 Å². The highest BCUT2D eigenvalue weighted by Gasteiger charge is 2.23. The van der Waals surface area contributed by atoms with Gasteiger partial charge in [0.2, 0.25) is 0 Å². The smallest absolute Gasteiger partial charge is 0.265 e. The van der Waals surface area contributed by atoms with Crippen LogP contribution in [0.1, 0.15) is 19.2 Å². The zero-order valence-electron chi connectivity index (χ0n) is 18.4. The molecule has 0 aliphatic rings. The van der Waals surface area contributed by atoms with Crippen molar-refractivity contribution in [3.8, 4) is 17.2 Å². The quantitative estimate of drug-likeness (QED) is 0.420. The van der Waals surface area contributed by atoms with Gasteiger partial charge in [0.25, 0.3) is 5.56 Å². The van der Waals surface area contributed by atoms with Crippen molar-refractivity contribution in [3.05, 3.63) is 58.6 Å². The molecule has 8 nitrogen and oxygen atoms in total. The predicted molar refractivity (Wildman–Crippen MR) is 124 cm³/mol.